The fourth-order valence-corrected chi connectivity index (χ4v) is 4.66. The highest BCUT2D eigenvalue weighted by Gasteiger charge is 2.19. The van der Waals surface area contributed by atoms with Gasteiger partial charge in [-0.1, -0.05) is 33.8 Å². The Kier molecular flexibility index (Phi) is 6.83. The zero-order valence-electron chi connectivity index (χ0n) is 15.6. The van der Waals surface area contributed by atoms with Crippen molar-refractivity contribution in [1.82, 2.24) is 4.90 Å². The summed E-state index contributed by atoms with van der Waals surface area (Å²) in [5, 5.41) is 1.72. The van der Waals surface area contributed by atoms with Crippen LogP contribution in [0.5, 0.6) is 0 Å². The van der Waals surface area contributed by atoms with Crippen LogP contribution < -0.4 is 4.72 Å². The number of hydrogen-bond donors (Lipinski definition) is 1. The molecular formula is C19H26N2O3S2. The van der Waals surface area contributed by atoms with Gasteiger partial charge in [0, 0.05) is 24.3 Å². The van der Waals surface area contributed by atoms with Crippen molar-refractivity contribution >= 4 is 33.0 Å². The number of benzene rings is 1. The first-order valence-corrected chi connectivity index (χ1v) is 11.0. The van der Waals surface area contributed by atoms with Crippen LogP contribution >= 0.6 is 11.3 Å². The van der Waals surface area contributed by atoms with E-state index in [9.17, 15) is 13.2 Å². The van der Waals surface area contributed by atoms with Crippen LogP contribution in [0, 0.1) is 11.8 Å². The van der Waals surface area contributed by atoms with Crippen molar-refractivity contribution in [3.8, 4) is 0 Å². The fraction of sp³-hybridized carbons (Fsp3) is 0.421. The summed E-state index contributed by atoms with van der Waals surface area (Å²) in [6, 6.07) is 9.84. The van der Waals surface area contributed by atoms with E-state index in [2.05, 4.69) is 32.4 Å². The molecule has 0 spiro atoms. The minimum atomic E-state index is -3.58. The average Bonchev–Trinajstić information content (AvgIpc) is 3.08. The van der Waals surface area contributed by atoms with Crippen LogP contribution in [0.15, 0.2) is 46.0 Å². The van der Waals surface area contributed by atoms with Gasteiger partial charge < -0.3 is 4.90 Å². The monoisotopic (exact) mass is 394 g/mol. The molecule has 1 amide bonds. The Morgan fingerprint density at radius 2 is 1.62 bits per heavy atom. The molecular weight excluding hydrogens is 368 g/mol. The van der Waals surface area contributed by atoms with E-state index in [1.54, 1.807) is 41.8 Å². The largest absolute Gasteiger partial charge is 0.338 e. The van der Waals surface area contributed by atoms with Crippen LogP contribution in [0.2, 0.25) is 0 Å². The number of anilines is 1. The molecule has 2 rings (SSSR count). The maximum absolute atomic E-state index is 12.8. The van der Waals surface area contributed by atoms with Gasteiger partial charge in [0.1, 0.15) is 4.21 Å². The van der Waals surface area contributed by atoms with E-state index in [0.717, 1.165) is 11.3 Å². The number of hydrogen-bond acceptors (Lipinski definition) is 4. The van der Waals surface area contributed by atoms with Gasteiger partial charge in [0.05, 0.1) is 0 Å². The summed E-state index contributed by atoms with van der Waals surface area (Å²) in [5.41, 5.74) is 1.000. The van der Waals surface area contributed by atoms with Gasteiger partial charge in [-0.25, -0.2) is 8.42 Å². The summed E-state index contributed by atoms with van der Waals surface area (Å²) >= 11 is 1.16. The lowest BCUT2D eigenvalue weighted by atomic mass is 10.1. The summed E-state index contributed by atoms with van der Waals surface area (Å²) in [6.07, 6.45) is 0. The lowest BCUT2D eigenvalue weighted by molar-refractivity contribution is 0.0715. The number of thiophene rings is 1. The Hall–Kier alpha value is -1.86. The zero-order chi connectivity index (χ0) is 19.3. The molecule has 0 fully saturated rings. The lowest BCUT2D eigenvalue weighted by Gasteiger charge is -2.26. The van der Waals surface area contributed by atoms with Crippen molar-refractivity contribution in [3.63, 3.8) is 0 Å². The summed E-state index contributed by atoms with van der Waals surface area (Å²) in [7, 11) is -3.58. The molecule has 26 heavy (non-hydrogen) atoms. The summed E-state index contributed by atoms with van der Waals surface area (Å²) in [5.74, 6) is 0.740. The SMILES string of the molecule is CC(C)CN(CC(C)C)C(=O)c1ccc(NS(=O)(=O)c2cccs2)cc1. The zero-order valence-corrected chi connectivity index (χ0v) is 17.2. The third kappa shape index (κ3) is 5.57. The quantitative estimate of drug-likeness (QED) is 0.726. The van der Waals surface area contributed by atoms with E-state index < -0.39 is 10.0 Å². The predicted octanol–water partition coefficient (Wildman–Crippen LogP) is 4.30. The van der Waals surface area contributed by atoms with Crippen LogP contribution in [0.4, 0.5) is 5.69 Å². The van der Waals surface area contributed by atoms with Gasteiger partial charge in [-0.05, 0) is 47.5 Å². The van der Waals surface area contributed by atoms with E-state index in [0.29, 0.717) is 36.2 Å². The Balaban J connectivity index is 2.13. The van der Waals surface area contributed by atoms with Gasteiger partial charge in [-0.2, -0.15) is 0 Å². The molecule has 2 aromatic rings. The summed E-state index contributed by atoms with van der Waals surface area (Å²) in [4.78, 5) is 14.6. The molecule has 0 atom stereocenters. The minimum absolute atomic E-state index is 0.0277. The van der Waals surface area contributed by atoms with Gasteiger partial charge in [-0.3, -0.25) is 9.52 Å². The van der Waals surface area contributed by atoms with Crippen LogP contribution in [0.25, 0.3) is 0 Å². The molecule has 1 heterocycles. The topological polar surface area (TPSA) is 66.5 Å². The molecule has 1 aromatic carbocycles. The maximum atomic E-state index is 12.8. The molecule has 142 valence electrons. The second-order valence-electron chi connectivity index (χ2n) is 7.11. The standard InChI is InChI=1S/C19H26N2O3S2/c1-14(2)12-21(13-15(3)4)19(22)16-7-9-17(10-8-16)20-26(23,24)18-6-5-11-25-18/h5-11,14-15,20H,12-13H2,1-4H3. The van der Waals surface area contributed by atoms with Crippen LogP contribution in [-0.4, -0.2) is 32.3 Å². The van der Waals surface area contributed by atoms with Crippen molar-refractivity contribution in [2.45, 2.75) is 31.9 Å². The highest BCUT2D eigenvalue weighted by molar-refractivity contribution is 7.94. The van der Waals surface area contributed by atoms with Gasteiger partial charge in [0.2, 0.25) is 0 Å². The lowest BCUT2D eigenvalue weighted by Crippen LogP contribution is -2.37. The molecule has 0 aliphatic rings. The number of sulfonamides is 1. The van der Waals surface area contributed by atoms with Crippen molar-refractivity contribution < 1.29 is 13.2 Å². The molecule has 0 aliphatic heterocycles. The minimum Gasteiger partial charge on any atom is -0.338 e. The number of carbonyl (C=O) groups excluding carboxylic acids is 1. The van der Waals surface area contributed by atoms with Gasteiger partial charge in [0.15, 0.2) is 0 Å². The molecule has 7 heteroatoms. The van der Waals surface area contributed by atoms with Gasteiger partial charge >= 0.3 is 0 Å². The Bertz CT molecular complexity index is 801. The molecule has 0 saturated carbocycles. The normalized spacial score (nSPS) is 11.8. The van der Waals surface area contributed by atoms with Crippen LogP contribution in [0.1, 0.15) is 38.1 Å². The van der Waals surface area contributed by atoms with Gasteiger partial charge in [-0.15, -0.1) is 11.3 Å². The number of nitrogens with one attached hydrogen (secondary N) is 1. The first-order chi connectivity index (χ1) is 12.2. The molecule has 0 aliphatic carbocycles. The number of carbonyl (C=O) groups is 1. The first-order valence-electron chi connectivity index (χ1n) is 8.64. The number of rotatable bonds is 8. The van der Waals surface area contributed by atoms with E-state index in [1.165, 1.54) is 0 Å². The van der Waals surface area contributed by atoms with Gasteiger partial charge in [0.25, 0.3) is 15.9 Å². The first kappa shape index (κ1) is 20.5. The Morgan fingerprint density at radius 1 is 1.04 bits per heavy atom. The number of amides is 1. The summed E-state index contributed by atoms with van der Waals surface area (Å²) < 4.78 is 27.3. The Labute approximate surface area is 160 Å². The average molecular weight is 395 g/mol. The van der Waals surface area contributed by atoms with E-state index in [1.807, 2.05) is 4.90 Å². The smallest absolute Gasteiger partial charge is 0.271 e. The maximum Gasteiger partial charge on any atom is 0.271 e. The second kappa shape index (κ2) is 8.68. The van der Waals surface area contributed by atoms with Crippen molar-refractivity contribution in [2.75, 3.05) is 17.8 Å². The van der Waals surface area contributed by atoms with Crippen LogP contribution in [-0.2, 0) is 10.0 Å². The highest BCUT2D eigenvalue weighted by Crippen LogP contribution is 2.21. The molecule has 0 saturated heterocycles. The van der Waals surface area contributed by atoms with Crippen molar-refractivity contribution in [1.29, 1.82) is 0 Å². The third-order valence-electron chi connectivity index (χ3n) is 3.60. The van der Waals surface area contributed by atoms with E-state index >= 15 is 0 Å². The highest BCUT2D eigenvalue weighted by atomic mass is 32.2. The number of nitrogens with zero attached hydrogens (tertiary/aromatic N) is 1. The van der Waals surface area contributed by atoms with Crippen molar-refractivity contribution in [2.24, 2.45) is 11.8 Å². The third-order valence-corrected chi connectivity index (χ3v) is 6.38. The second-order valence-corrected chi connectivity index (χ2v) is 9.97. The molecule has 1 N–H and O–H groups in total. The van der Waals surface area contributed by atoms with E-state index in [4.69, 9.17) is 0 Å². The van der Waals surface area contributed by atoms with Crippen LogP contribution in [0.3, 0.4) is 0 Å². The molecule has 0 bridgehead atoms. The van der Waals surface area contributed by atoms with E-state index in [-0.39, 0.29) is 10.1 Å². The molecule has 0 radical (unpaired) electrons. The summed E-state index contributed by atoms with van der Waals surface area (Å²) in [6.45, 7) is 9.74. The molecule has 0 unspecified atom stereocenters. The molecule has 5 nitrogen and oxygen atoms in total. The fourth-order valence-electron chi connectivity index (χ4n) is 2.61. The predicted molar refractivity (Wildman–Crippen MR) is 107 cm³/mol. The molecule has 1 aromatic heterocycles. The Morgan fingerprint density at radius 3 is 2.08 bits per heavy atom. The van der Waals surface area contributed by atoms with Crippen molar-refractivity contribution in [3.05, 3.63) is 47.3 Å².